The number of primary amides is 1. The molecule has 1 saturated heterocycles. The molecule has 0 bridgehead atoms. The lowest BCUT2D eigenvalue weighted by Crippen LogP contribution is -2.39. The number of piperidine rings is 1. The van der Waals surface area contributed by atoms with E-state index >= 15 is 0 Å². The van der Waals surface area contributed by atoms with E-state index in [9.17, 15) is 14.4 Å². The van der Waals surface area contributed by atoms with Gasteiger partial charge in [0.05, 0.1) is 12.2 Å². The highest BCUT2D eigenvalue weighted by Crippen LogP contribution is 2.32. The van der Waals surface area contributed by atoms with Crippen LogP contribution in [0.5, 0.6) is 0 Å². The summed E-state index contributed by atoms with van der Waals surface area (Å²) in [6.45, 7) is 0. The summed E-state index contributed by atoms with van der Waals surface area (Å²) < 4.78 is 5.58. The van der Waals surface area contributed by atoms with Crippen LogP contribution in [0.2, 0.25) is 0 Å². The number of nitrogens with one attached hydrogen (secondary N) is 1. The van der Waals surface area contributed by atoms with E-state index in [1.807, 2.05) is 12.1 Å². The normalized spacial score (nSPS) is 16.2. The minimum absolute atomic E-state index is 0.215. The average Bonchev–Trinajstić information content (AvgIpc) is 3.11. The Labute approximate surface area is 166 Å². The molecule has 0 aliphatic carbocycles. The van der Waals surface area contributed by atoms with Crippen molar-refractivity contribution in [2.24, 2.45) is 5.73 Å². The van der Waals surface area contributed by atoms with E-state index < -0.39 is 11.8 Å². The molecule has 2 aromatic heterocycles. The van der Waals surface area contributed by atoms with Crippen LogP contribution in [0.15, 0.2) is 47.2 Å². The van der Waals surface area contributed by atoms with E-state index in [0.717, 1.165) is 16.5 Å². The average molecular weight is 387 g/mol. The van der Waals surface area contributed by atoms with Gasteiger partial charge in [0.15, 0.2) is 0 Å². The van der Waals surface area contributed by atoms with E-state index in [2.05, 4.69) is 22.1 Å². The minimum atomic E-state index is -0.587. The second-order valence-electron chi connectivity index (χ2n) is 6.76. The second-order valence-corrected chi connectivity index (χ2v) is 6.76. The molecule has 29 heavy (non-hydrogen) atoms. The summed E-state index contributed by atoms with van der Waals surface area (Å²) >= 11 is 0. The predicted molar refractivity (Wildman–Crippen MR) is 105 cm³/mol. The molecular weight excluding hydrogens is 370 g/mol. The zero-order chi connectivity index (χ0) is 20.4. The van der Waals surface area contributed by atoms with Crippen LogP contribution in [0.4, 0.5) is 0 Å². The van der Waals surface area contributed by atoms with Gasteiger partial charge in [0, 0.05) is 35.6 Å². The van der Waals surface area contributed by atoms with Gasteiger partial charge in [0.1, 0.15) is 11.3 Å². The maximum atomic E-state index is 12.2. The summed E-state index contributed by atoms with van der Waals surface area (Å²) in [4.78, 5) is 39.1. The molecule has 1 aromatic carbocycles. The number of hydrogen-bond acceptors (Lipinski definition) is 5. The Morgan fingerprint density at radius 2 is 2.17 bits per heavy atom. The largest absolute Gasteiger partial charge is 0.464 e. The highest BCUT2D eigenvalue weighted by molar-refractivity contribution is 6.02. The van der Waals surface area contributed by atoms with E-state index in [1.54, 1.807) is 24.5 Å². The number of fused-ring (bicyclic) bond motifs is 1. The van der Waals surface area contributed by atoms with E-state index in [-0.39, 0.29) is 17.5 Å². The Kier molecular flexibility index (Phi) is 4.83. The number of carbonyl (C=O) groups excluding carboxylic acids is 3. The molecule has 3 aromatic rings. The van der Waals surface area contributed by atoms with Crippen molar-refractivity contribution in [2.75, 3.05) is 0 Å². The summed E-state index contributed by atoms with van der Waals surface area (Å²) in [6, 6.07) is 8.98. The number of carbonyl (C=O) groups is 3. The molecule has 1 fully saturated rings. The van der Waals surface area contributed by atoms with Crippen molar-refractivity contribution in [1.82, 2.24) is 10.3 Å². The first-order valence-electron chi connectivity index (χ1n) is 9.10. The van der Waals surface area contributed by atoms with Crippen molar-refractivity contribution in [3.8, 4) is 11.8 Å². The van der Waals surface area contributed by atoms with Crippen LogP contribution < -0.4 is 11.1 Å². The summed E-state index contributed by atoms with van der Waals surface area (Å²) in [5.74, 6) is 4.52. The molecule has 0 radical (unpaired) electrons. The third kappa shape index (κ3) is 3.73. The lowest BCUT2D eigenvalue weighted by atomic mass is 9.90. The Morgan fingerprint density at radius 3 is 2.97 bits per heavy atom. The van der Waals surface area contributed by atoms with Crippen molar-refractivity contribution in [2.45, 2.75) is 25.2 Å². The zero-order valence-electron chi connectivity index (χ0n) is 15.4. The molecule has 4 rings (SSSR count). The molecule has 7 heteroatoms. The van der Waals surface area contributed by atoms with Gasteiger partial charge in [-0.1, -0.05) is 17.9 Å². The second kappa shape index (κ2) is 7.60. The fourth-order valence-corrected chi connectivity index (χ4v) is 3.43. The molecule has 1 atom stereocenters. The van der Waals surface area contributed by atoms with Gasteiger partial charge in [-0.05, 0) is 36.2 Å². The number of nitrogens with two attached hydrogens (primary N) is 1. The first-order chi connectivity index (χ1) is 14.0. The van der Waals surface area contributed by atoms with Crippen LogP contribution in [-0.4, -0.2) is 22.7 Å². The lowest BCUT2D eigenvalue weighted by Gasteiger charge is -2.19. The van der Waals surface area contributed by atoms with Crippen molar-refractivity contribution >= 4 is 28.7 Å². The van der Waals surface area contributed by atoms with Crippen LogP contribution in [-0.2, 0) is 16.0 Å². The third-order valence-electron chi connectivity index (χ3n) is 4.85. The van der Waals surface area contributed by atoms with E-state index in [0.29, 0.717) is 30.4 Å². The quantitative estimate of drug-likeness (QED) is 0.527. The summed E-state index contributed by atoms with van der Waals surface area (Å²) in [5, 5.41) is 3.17. The van der Waals surface area contributed by atoms with Crippen LogP contribution in [0, 0.1) is 11.8 Å². The molecule has 0 saturated carbocycles. The summed E-state index contributed by atoms with van der Waals surface area (Å²) in [5.41, 5.74) is 8.37. The predicted octanol–water partition coefficient (Wildman–Crippen LogP) is 2.04. The smallest absolute Gasteiger partial charge is 0.267 e. The molecule has 0 spiro atoms. The van der Waals surface area contributed by atoms with Gasteiger partial charge in [-0.2, -0.15) is 0 Å². The maximum absolute atomic E-state index is 12.2. The third-order valence-corrected chi connectivity index (χ3v) is 4.85. The van der Waals surface area contributed by atoms with Crippen molar-refractivity contribution in [3.05, 3.63) is 65.2 Å². The number of amides is 3. The van der Waals surface area contributed by atoms with Crippen molar-refractivity contribution < 1.29 is 18.8 Å². The number of imide groups is 1. The standard InChI is InChI=1S/C22H17N3O4/c23-21(27)20-14(5-2-10-24-20)4-1-3-13-6-8-18-16(11-13)17(12-29-18)15-7-9-19(26)25-22(15)28/h2,5-6,8,10-12,15H,4,7,9H2,(H2,23,27)(H,25,26,28). The Balaban J connectivity index is 1.61. The van der Waals surface area contributed by atoms with Gasteiger partial charge < -0.3 is 10.2 Å². The molecule has 3 heterocycles. The molecule has 1 unspecified atom stereocenters. The van der Waals surface area contributed by atoms with E-state index in [1.165, 1.54) is 6.20 Å². The van der Waals surface area contributed by atoms with Crippen LogP contribution in [0.3, 0.4) is 0 Å². The molecule has 1 aliphatic heterocycles. The minimum Gasteiger partial charge on any atom is -0.464 e. The Hall–Kier alpha value is -3.92. The lowest BCUT2D eigenvalue weighted by molar-refractivity contribution is -0.134. The number of furan rings is 1. The Morgan fingerprint density at radius 1 is 1.31 bits per heavy atom. The zero-order valence-corrected chi connectivity index (χ0v) is 15.4. The number of benzene rings is 1. The molecule has 3 N–H and O–H groups in total. The summed E-state index contributed by atoms with van der Waals surface area (Å²) in [6.07, 6.45) is 4.16. The molecule has 1 aliphatic rings. The van der Waals surface area contributed by atoms with Crippen molar-refractivity contribution in [1.29, 1.82) is 0 Å². The SMILES string of the molecule is NC(=O)c1ncccc1CC#Cc1ccc2occ(C3CCC(=O)NC3=O)c2c1. The highest BCUT2D eigenvalue weighted by Gasteiger charge is 2.30. The molecule has 3 amide bonds. The topological polar surface area (TPSA) is 115 Å². The van der Waals surface area contributed by atoms with Gasteiger partial charge in [0.25, 0.3) is 5.91 Å². The first-order valence-corrected chi connectivity index (χ1v) is 9.10. The molecular formula is C22H17N3O4. The van der Waals surface area contributed by atoms with E-state index in [4.69, 9.17) is 10.2 Å². The Bertz CT molecular complexity index is 1200. The fourth-order valence-electron chi connectivity index (χ4n) is 3.43. The number of pyridine rings is 1. The van der Waals surface area contributed by atoms with Gasteiger partial charge in [0.2, 0.25) is 11.8 Å². The summed E-state index contributed by atoms with van der Waals surface area (Å²) in [7, 11) is 0. The maximum Gasteiger partial charge on any atom is 0.267 e. The van der Waals surface area contributed by atoms with Gasteiger partial charge in [-0.25, -0.2) is 0 Å². The van der Waals surface area contributed by atoms with Gasteiger partial charge >= 0.3 is 0 Å². The highest BCUT2D eigenvalue weighted by atomic mass is 16.3. The number of rotatable bonds is 3. The molecule has 7 nitrogen and oxygen atoms in total. The monoisotopic (exact) mass is 387 g/mol. The first kappa shape index (κ1) is 18.4. The van der Waals surface area contributed by atoms with Crippen molar-refractivity contribution in [3.63, 3.8) is 0 Å². The van der Waals surface area contributed by atoms with Crippen LogP contribution in [0.25, 0.3) is 11.0 Å². The number of nitrogens with zero attached hydrogens (tertiary/aromatic N) is 1. The van der Waals surface area contributed by atoms with Gasteiger partial charge in [-0.15, -0.1) is 0 Å². The fraction of sp³-hybridized carbons (Fsp3) is 0.182. The van der Waals surface area contributed by atoms with Crippen LogP contribution >= 0.6 is 0 Å². The van der Waals surface area contributed by atoms with Gasteiger partial charge in [-0.3, -0.25) is 24.7 Å². The van der Waals surface area contributed by atoms with Crippen LogP contribution in [0.1, 0.15) is 45.9 Å². The number of aromatic nitrogens is 1. The number of hydrogen-bond donors (Lipinski definition) is 2. The molecule has 144 valence electrons.